The molecule has 1 aliphatic rings. The molecule has 1 rings (SSSR count). The minimum absolute atomic E-state index is 0.836. The van der Waals surface area contributed by atoms with Crippen LogP contribution in [-0.2, 0) is 0 Å². The smallest absolute Gasteiger partial charge is 0.0144 e. The first-order valence-corrected chi connectivity index (χ1v) is 5.72. The van der Waals surface area contributed by atoms with Gasteiger partial charge < -0.3 is 4.90 Å². The van der Waals surface area contributed by atoms with E-state index in [4.69, 9.17) is 0 Å². The highest BCUT2D eigenvalue weighted by Crippen LogP contribution is 2.31. The van der Waals surface area contributed by atoms with Crippen molar-refractivity contribution in [1.29, 1.82) is 0 Å². The van der Waals surface area contributed by atoms with Crippen LogP contribution in [0.1, 0.15) is 40.5 Å². The van der Waals surface area contributed by atoms with E-state index in [1.807, 2.05) is 0 Å². The molecule has 1 fully saturated rings. The van der Waals surface area contributed by atoms with Crippen LogP contribution >= 0.6 is 0 Å². The Morgan fingerprint density at radius 1 is 1.31 bits per heavy atom. The molecule has 0 aliphatic carbocycles. The van der Waals surface area contributed by atoms with E-state index >= 15 is 0 Å². The first-order chi connectivity index (χ1) is 6.02. The maximum absolute atomic E-state index is 2.55. The van der Waals surface area contributed by atoms with E-state index in [1.165, 1.54) is 19.4 Å². The first kappa shape index (κ1) is 11.0. The first-order valence-electron chi connectivity index (χ1n) is 5.72. The standard InChI is InChI=1S/C12H25N/c1-9(2)8-11(4)12-10(3)6-7-13(12)5/h9-12H,6-8H2,1-5H3. The van der Waals surface area contributed by atoms with Gasteiger partial charge in [-0.3, -0.25) is 0 Å². The molecule has 0 N–H and O–H groups in total. The summed E-state index contributed by atoms with van der Waals surface area (Å²) in [4.78, 5) is 2.55. The maximum Gasteiger partial charge on any atom is 0.0144 e. The molecule has 13 heavy (non-hydrogen) atoms. The summed E-state index contributed by atoms with van der Waals surface area (Å²) >= 11 is 0. The van der Waals surface area contributed by atoms with Crippen LogP contribution in [-0.4, -0.2) is 24.5 Å². The average molecular weight is 183 g/mol. The fourth-order valence-corrected chi connectivity index (χ4v) is 3.04. The van der Waals surface area contributed by atoms with Gasteiger partial charge in [0.25, 0.3) is 0 Å². The molecule has 78 valence electrons. The van der Waals surface area contributed by atoms with Crippen molar-refractivity contribution in [2.75, 3.05) is 13.6 Å². The Hall–Kier alpha value is -0.0400. The zero-order chi connectivity index (χ0) is 10.0. The second kappa shape index (κ2) is 4.45. The summed E-state index contributed by atoms with van der Waals surface area (Å²) in [6.45, 7) is 10.8. The summed E-state index contributed by atoms with van der Waals surface area (Å²) in [7, 11) is 2.28. The normalized spacial score (nSPS) is 32.8. The van der Waals surface area contributed by atoms with E-state index in [2.05, 4.69) is 39.6 Å². The predicted molar refractivity (Wildman–Crippen MR) is 58.8 cm³/mol. The average Bonchev–Trinajstić information content (AvgIpc) is 2.29. The topological polar surface area (TPSA) is 3.24 Å². The third-order valence-corrected chi connectivity index (χ3v) is 3.46. The van der Waals surface area contributed by atoms with Crippen LogP contribution in [0.2, 0.25) is 0 Å². The molecule has 0 saturated carbocycles. The second-order valence-electron chi connectivity index (χ2n) is 5.34. The van der Waals surface area contributed by atoms with E-state index in [0.717, 1.165) is 23.8 Å². The molecule has 0 aromatic rings. The van der Waals surface area contributed by atoms with Crippen molar-refractivity contribution >= 4 is 0 Å². The van der Waals surface area contributed by atoms with Crippen molar-refractivity contribution in [1.82, 2.24) is 4.90 Å². The van der Waals surface area contributed by atoms with Gasteiger partial charge in [-0.05, 0) is 44.2 Å². The lowest BCUT2D eigenvalue weighted by atomic mass is 9.86. The van der Waals surface area contributed by atoms with Crippen LogP contribution in [0.4, 0.5) is 0 Å². The molecular weight excluding hydrogens is 158 g/mol. The molecule has 3 unspecified atom stereocenters. The van der Waals surface area contributed by atoms with Gasteiger partial charge in [-0.2, -0.15) is 0 Å². The predicted octanol–water partition coefficient (Wildman–Crippen LogP) is 3.01. The molecule has 3 atom stereocenters. The quantitative estimate of drug-likeness (QED) is 0.650. The van der Waals surface area contributed by atoms with E-state index in [1.54, 1.807) is 0 Å². The Morgan fingerprint density at radius 3 is 2.31 bits per heavy atom. The van der Waals surface area contributed by atoms with E-state index in [9.17, 15) is 0 Å². The third kappa shape index (κ3) is 2.70. The molecule has 0 aromatic heterocycles. The maximum atomic E-state index is 2.55. The molecule has 1 heteroatoms. The lowest BCUT2D eigenvalue weighted by Crippen LogP contribution is -2.35. The summed E-state index contributed by atoms with van der Waals surface area (Å²) in [5.74, 6) is 2.61. The number of nitrogens with zero attached hydrogens (tertiary/aromatic N) is 1. The van der Waals surface area contributed by atoms with Gasteiger partial charge >= 0.3 is 0 Å². The summed E-state index contributed by atoms with van der Waals surface area (Å²) in [6.07, 6.45) is 2.77. The van der Waals surface area contributed by atoms with Crippen LogP contribution in [0.15, 0.2) is 0 Å². The van der Waals surface area contributed by atoms with Gasteiger partial charge in [0.1, 0.15) is 0 Å². The summed E-state index contributed by atoms with van der Waals surface area (Å²) in [5, 5.41) is 0. The number of hydrogen-bond acceptors (Lipinski definition) is 1. The van der Waals surface area contributed by atoms with Gasteiger partial charge in [0, 0.05) is 6.04 Å². The van der Waals surface area contributed by atoms with Crippen molar-refractivity contribution in [2.45, 2.75) is 46.6 Å². The summed E-state index contributed by atoms with van der Waals surface area (Å²) in [6, 6.07) is 0.836. The highest BCUT2D eigenvalue weighted by molar-refractivity contribution is 4.86. The van der Waals surface area contributed by atoms with Crippen molar-refractivity contribution in [3.8, 4) is 0 Å². The lowest BCUT2D eigenvalue weighted by molar-refractivity contribution is 0.187. The van der Waals surface area contributed by atoms with Gasteiger partial charge in [-0.15, -0.1) is 0 Å². The molecule has 1 heterocycles. The van der Waals surface area contributed by atoms with Gasteiger partial charge in [-0.25, -0.2) is 0 Å². The number of rotatable bonds is 3. The number of hydrogen-bond donors (Lipinski definition) is 0. The Balaban J connectivity index is 2.48. The van der Waals surface area contributed by atoms with Gasteiger partial charge in [0.15, 0.2) is 0 Å². The highest BCUT2D eigenvalue weighted by Gasteiger charge is 2.32. The van der Waals surface area contributed by atoms with Crippen LogP contribution in [0.25, 0.3) is 0 Å². The molecule has 1 saturated heterocycles. The minimum atomic E-state index is 0.836. The van der Waals surface area contributed by atoms with Crippen LogP contribution in [0.5, 0.6) is 0 Å². The van der Waals surface area contributed by atoms with Crippen molar-refractivity contribution in [3.05, 3.63) is 0 Å². The Kier molecular flexibility index (Phi) is 3.78. The molecule has 1 aliphatic heterocycles. The van der Waals surface area contributed by atoms with Crippen molar-refractivity contribution in [2.24, 2.45) is 17.8 Å². The second-order valence-corrected chi connectivity index (χ2v) is 5.34. The SMILES string of the molecule is CC(C)CC(C)C1C(C)CCN1C. The van der Waals surface area contributed by atoms with Gasteiger partial charge in [0.2, 0.25) is 0 Å². The van der Waals surface area contributed by atoms with Crippen LogP contribution < -0.4 is 0 Å². The zero-order valence-corrected chi connectivity index (χ0v) is 9.88. The zero-order valence-electron chi connectivity index (χ0n) is 9.88. The van der Waals surface area contributed by atoms with Crippen LogP contribution in [0.3, 0.4) is 0 Å². The molecule has 0 bridgehead atoms. The minimum Gasteiger partial charge on any atom is -0.303 e. The Morgan fingerprint density at radius 2 is 1.92 bits per heavy atom. The number of likely N-dealkylation sites (tertiary alicyclic amines) is 1. The van der Waals surface area contributed by atoms with Crippen LogP contribution in [0, 0.1) is 17.8 Å². The van der Waals surface area contributed by atoms with Crippen molar-refractivity contribution in [3.63, 3.8) is 0 Å². The fraction of sp³-hybridized carbons (Fsp3) is 1.00. The molecular formula is C12H25N. The summed E-state index contributed by atoms with van der Waals surface area (Å²) < 4.78 is 0. The molecule has 1 nitrogen and oxygen atoms in total. The van der Waals surface area contributed by atoms with Gasteiger partial charge in [-0.1, -0.05) is 27.7 Å². The van der Waals surface area contributed by atoms with E-state index in [-0.39, 0.29) is 0 Å². The molecule has 0 aromatic carbocycles. The third-order valence-electron chi connectivity index (χ3n) is 3.46. The largest absolute Gasteiger partial charge is 0.303 e. The summed E-state index contributed by atoms with van der Waals surface area (Å²) in [5.41, 5.74) is 0. The molecule has 0 amide bonds. The highest BCUT2D eigenvalue weighted by atomic mass is 15.2. The van der Waals surface area contributed by atoms with Gasteiger partial charge in [0.05, 0.1) is 0 Å². The van der Waals surface area contributed by atoms with Crippen molar-refractivity contribution < 1.29 is 0 Å². The van der Waals surface area contributed by atoms with E-state index < -0.39 is 0 Å². The van der Waals surface area contributed by atoms with E-state index in [0.29, 0.717) is 0 Å². The fourth-order valence-electron chi connectivity index (χ4n) is 3.04. The Bertz CT molecular complexity index is 143. The lowest BCUT2D eigenvalue weighted by Gasteiger charge is -2.30. The molecule has 0 radical (unpaired) electrons. The monoisotopic (exact) mass is 183 g/mol. The molecule has 0 spiro atoms. The Labute approximate surface area is 83.5 Å².